The van der Waals surface area contributed by atoms with Crippen molar-refractivity contribution in [1.29, 1.82) is 0 Å². The van der Waals surface area contributed by atoms with Crippen LogP contribution in [-0.2, 0) is 16.6 Å². The highest BCUT2D eigenvalue weighted by Crippen LogP contribution is 2.63. The smallest absolute Gasteiger partial charge is 0.212 e. The van der Waals surface area contributed by atoms with Gasteiger partial charge in [-0.25, -0.2) is 13.1 Å². The Morgan fingerprint density at radius 3 is 2.78 bits per heavy atom. The van der Waals surface area contributed by atoms with Gasteiger partial charge in [0.05, 0.1) is 12.3 Å². The van der Waals surface area contributed by atoms with Gasteiger partial charge in [-0.05, 0) is 52.9 Å². The Bertz CT molecular complexity index is 542. The minimum atomic E-state index is -3.21. The molecule has 2 fully saturated rings. The van der Waals surface area contributed by atoms with Crippen LogP contribution in [0.2, 0.25) is 0 Å². The quantitative estimate of drug-likeness (QED) is 0.894. The van der Waals surface area contributed by atoms with E-state index in [1.807, 2.05) is 0 Å². The molecule has 1 aromatic heterocycles. The summed E-state index contributed by atoms with van der Waals surface area (Å²) >= 11 is 3.15. The zero-order valence-electron chi connectivity index (χ0n) is 9.86. The predicted molar refractivity (Wildman–Crippen MR) is 69.2 cm³/mol. The topological polar surface area (TPSA) is 72.2 Å². The van der Waals surface area contributed by atoms with E-state index in [9.17, 15) is 8.42 Å². The molecule has 7 heteroatoms. The van der Waals surface area contributed by atoms with Crippen LogP contribution in [0, 0.1) is 11.3 Å². The Hall–Kier alpha value is -0.400. The van der Waals surface area contributed by atoms with Crippen LogP contribution in [0.3, 0.4) is 0 Å². The van der Waals surface area contributed by atoms with Gasteiger partial charge in [0.25, 0.3) is 0 Å². The molecule has 1 aromatic rings. The second kappa shape index (κ2) is 4.31. The van der Waals surface area contributed by atoms with E-state index in [0.29, 0.717) is 21.7 Å². The maximum atomic E-state index is 11.9. The first-order valence-electron chi connectivity index (χ1n) is 6.05. The minimum Gasteiger partial charge on any atom is -0.359 e. The molecule has 0 atom stereocenters. The molecular weight excluding hydrogens is 320 g/mol. The minimum absolute atomic E-state index is 0.165. The van der Waals surface area contributed by atoms with E-state index in [2.05, 4.69) is 25.8 Å². The predicted octanol–water partition coefficient (Wildman–Crippen LogP) is 2.05. The van der Waals surface area contributed by atoms with Gasteiger partial charge in [-0.2, -0.15) is 0 Å². The number of aromatic nitrogens is 1. The largest absolute Gasteiger partial charge is 0.359 e. The summed E-state index contributed by atoms with van der Waals surface area (Å²) in [6, 6.07) is 1.66. The van der Waals surface area contributed by atoms with Gasteiger partial charge in [0.2, 0.25) is 10.0 Å². The maximum absolute atomic E-state index is 11.9. The molecule has 2 saturated carbocycles. The summed E-state index contributed by atoms with van der Waals surface area (Å²) in [6.07, 6.45) is 4.76. The number of hydrogen-bond donors (Lipinski definition) is 1. The molecule has 1 heterocycles. The molecule has 18 heavy (non-hydrogen) atoms. The second-order valence-corrected chi connectivity index (χ2v) is 8.16. The summed E-state index contributed by atoms with van der Waals surface area (Å²) in [6.45, 7) is 0.165. The van der Waals surface area contributed by atoms with Gasteiger partial charge in [0.1, 0.15) is 4.60 Å². The van der Waals surface area contributed by atoms with Crippen LogP contribution in [0.25, 0.3) is 0 Å². The molecule has 0 radical (unpaired) electrons. The lowest BCUT2D eigenvalue weighted by molar-refractivity contribution is 0.189. The van der Waals surface area contributed by atoms with E-state index < -0.39 is 10.0 Å². The third kappa shape index (κ3) is 2.78. The number of sulfonamides is 1. The molecule has 3 rings (SSSR count). The van der Waals surface area contributed by atoms with Crippen LogP contribution in [-0.4, -0.2) is 19.3 Å². The molecule has 1 spiro atoms. The molecule has 100 valence electrons. The normalized spacial score (nSPS) is 22.1. The average molecular weight is 335 g/mol. The molecule has 2 aliphatic carbocycles. The summed E-state index contributed by atoms with van der Waals surface area (Å²) in [5, 5.41) is 3.64. The number of halogens is 1. The van der Waals surface area contributed by atoms with Gasteiger partial charge in [-0.15, -0.1) is 0 Å². The Balaban J connectivity index is 1.48. The van der Waals surface area contributed by atoms with Crippen LogP contribution >= 0.6 is 15.9 Å². The molecule has 0 aliphatic heterocycles. The van der Waals surface area contributed by atoms with Gasteiger partial charge >= 0.3 is 0 Å². The first-order chi connectivity index (χ1) is 8.46. The van der Waals surface area contributed by atoms with Crippen LogP contribution in [0.4, 0.5) is 0 Å². The third-order valence-corrected chi connectivity index (χ3v) is 5.72. The summed E-state index contributed by atoms with van der Waals surface area (Å²) in [5.74, 6) is 1.09. The van der Waals surface area contributed by atoms with Gasteiger partial charge in [0.15, 0.2) is 5.76 Å². The lowest BCUT2D eigenvalue weighted by Crippen LogP contribution is -2.36. The lowest BCUT2D eigenvalue weighted by Gasteiger charge is -2.35. The summed E-state index contributed by atoms with van der Waals surface area (Å²) in [7, 11) is -3.21. The fraction of sp³-hybridized carbons (Fsp3) is 0.727. The van der Waals surface area contributed by atoms with Gasteiger partial charge in [0, 0.05) is 6.07 Å². The van der Waals surface area contributed by atoms with E-state index in [0.717, 1.165) is 12.8 Å². The maximum Gasteiger partial charge on any atom is 0.212 e. The molecule has 0 unspecified atom stereocenters. The second-order valence-electron chi connectivity index (χ2n) is 5.49. The first-order valence-corrected chi connectivity index (χ1v) is 8.49. The van der Waals surface area contributed by atoms with Crippen molar-refractivity contribution >= 4 is 26.0 Å². The molecular formula is C11H15BrN2O3S. The molecule has 0 saturated heterocycles. The van der Waals surface area contributed by atoms with Crippen molar-refractivity contribution < 1.29 is 12.9 Å². The fourth-order valence-corrected chi connectivity index (χ4v) is 4.45. The van der Waals surface area contributed by atoms with Crippen molar-refractivity contribution in [2.24, 2.45) is 11.3 Å². The zero-order valence-corrected chi connectivity index (χ0v) is 12.3. The van der Waals surface area contributed by atoms with E-state index in [-0.39, 0.29) is 12.3 Å². The first kappa shape index (κ1) is 12.6. The van der Waals surface area contributed by atoms with Crippen molar-refractivity contribution in [1.82, 2.24) is 9.88 Å². The SMILES string of the molecule is O=S(=O)(CC1CC2(CC2)C1)NCc1cc(Br)no1. The average Bonchev–Trinajstić information content (AvgIpc) is 2.91. The van der Waals surface area contributed by atoms with E-state index in [4.69, 9.17) is 4.52 Å². The van der Waals surface area contributed by atoms with Gasteiger partial charge in [-0.3, -0.25) is 0 Å². The molecule has 0 bridgehead atoms. The number of hydrogen-bond acceptors (Lipinski definition) is 4. The van der Waals surface area contributed by atoms with Gasteiger partial charge < -0.3 is 4.52 Å². The van der Waals surface area contributed by atoms with Crippen LogP contribution in [0.15, 0.2) is 15.2 Å². The highest BCUT2D eigenvalue weighted by atomic mass is 79.9. The van der Waals surface area contributed by atoms with Crippen molar-refractivity contribution in [3.05, 3.63) is 16.4 Å². The van der Waals surface area contributed by atoms with Crippen molar-refractivity contribution in [2.45, 2.75) is 32.2 Å². The molecule has 0 aromatic carbocycles. The standard InChI is InChI=1S/C11H15BrN2O3S/c12-10-3-9(17-14-10)6-13-18(15,16)7-8-4-11(5-8)1-2-11/h3,8,13H,1-2,4-7H2. The zero-order chi connectivity index (χ0) is 12.8. The molecule has 1 N–H and O–H groups in total. The Labute approximate surface area is 114 Å². The van der Waals surface area contributed by atoms with Crippen molar-refractivity contribution in [3.8, 4) is 0 Å². The lowest BCUT2D eigenvalue weighted by atomic mass is 9.73. The summed E-state index contributed by atoms with van der Waals surface area (Å²) in [5.41, 5.74) is 0.552. The Morgan fingerprint density at radius 2 is 2.22 bits per heavy atom. The van der Waals surface area contributed by atoms with Gasteiger partial charge in [-0.1, -0.05) is 5.16 Å². The van der Waals surface area contributed by atoms with E-state index in [1.54, 1.807) is 6.07 Å². The Morgan fingerprint density at radius 1 is 1.50 bits per heavy atom. The number of rotatable bonds is 5. The van der Waals surface area contributed by atoms with E-state index in [1.165, 1.54) is 12.8 Å². The van der Waals surface area contributed by atoms with Crippen LogP contribution in [0.5, 0.6) is 0 Å². The molecule has 2 aliphatic rings. The summed E-state index contributed by atoms with van der Waals surface area (Å²) < 4.78 is 31.8. The van der Waals surface area contributed by atoms with Crippen LogP contribution < -0.4 is 4.72 Å². The van der Waals surface area contributed by atoms with Crippen molar-refractivity contribution in [2.75, 3.05) is 5.75 Å². The Kier molecular flexibility index (Phi) is 3.03. The highest BCUT2D eigenvalue weighted by Gasteiger charge is 2.53. The van der Waals surface area contributed by atoms with E-state index >= 15 is 0 Å². The summed E-state index contributed by atoms with van der Waals surface area (Å²) in [4.78, 5) is 0. The monoisotopic (exact) mass is 334 g/mol. The van der Waals surface area contributed by atoms with Crippen molar-refractivity contribution in [3.63, 3.8) is 0 Å². The number of nitrogens with one attached hydrogen (secondary N) is 1. The number of nitrogens with zero attached hydrogens (tertiary/aromatic N) is 1. The fourth-order valence-electron chi connectivity index (χ4n) is 2.79. The van der Waals surface area contributed by atoms with Crippen LogP contribution in [0.1, 0.15) is 31.4 Å². The third-order valence-electron chi connectivity index (χ3n) is 3.85. The molecule has 5 nitrogen and oxygen atoms in total. The molecule has 0 amide bonds. The highest BCUT2D eigenvalue weighted by molar-refractivity contribution is 9.10.